The molecule has 2 atom stereocenters. The van der Waals surface area contributed by atoms with Crippen LogP contribution in [0.15, 0.2) is 0 Å². The Balaban J connectivity index is 2.37. The van der Waals surface area contributed by atoms with Gasteiger partial charge >= 0.3 is 0 Å². The lowest BCUT2D eigenvalue weighted by Crippen LogP contribution is -2.40. The maximum absolute atomic E-state index is 9.17. The van der Waals surface area contributed by atoms with E-state index in [0.29, 0.717) is 17.5 Å². The van der Waals surface area contributed by atoms with Crippen LogP contribution < -0.4 is 5.32 Å². The minimum atomic E-state index is 0.274. The van der Waals surface area contributed by atoms with Gasteiger partial charge in [0, 0.05) is 12.1 Å². The van der Waals surface area contributed by atoms with Crippen LogP contribution in [-0.2, 0) is 0 Å². The summed E-state index contributed by atoms with van der Waals surface area (Å²) in [5.74, 6) is 0. The molecule has 1 fully saturated rings. The Morgan fingerprint density at radius 1 is 1.33 bits per heavy atom. The number of aliphatic hydroxyl groups excluding tert-OH is 1. The second-order valence-corrected chi connectivity index (χ2v) is 5.75. The molecular weight excluding hydrogens is 186 g/mol. The summed E-state index contributed by atoms with van der Waals surface area (Å²) in [4.78, 5) is 0. The molecule has 1 rings (SSSR count). The van der Waals surface area contributed by atoms with Crippen molar-refractivity contribution >= 4 is 0 Å². The van der Waals surface area contributed by atoms with Crippen LogP contribution in [0.25, 0.3) is 0 Å². The first kappa shape index (κ1) is 13.0. The third-order valence-electron chi connectivity index (χ3n) is 3.76. The molecule has 1 saturated carbocycles. The van der Waals surface area contributed by atoms with Gasteiger partial charge in [-0.25, -0.2) is 0 Å². The van der Waals surface area contributed by atoms with Gasteiger partial charge in [-0.2, -0.15) is 0 Å². The maximum atomic E-state index is 9.17. The molecule has 0 amide bonds. The van der Waals surface area contributed by atoms with Gasteiger partial charge in [0.1, 0.15) is 0 Å². The summed E-state index contributed by atoms with van der Waals surface area (Å²) >= 11 is 0. The van der Waals surface area contributed by atoms with Gasteiger partial charge < -0.3 is 10.4 Å². The predicted molar refractivity (Wildman–Crippen MR) is 65.0 cm³/mol. The third-order valence-corrected chi connectivity index (χ3v) is 3.76. The molecule has 0 spiro atoms. The van der Waals surface area contributed by atoms with E-state index in [1.807, 2.05) is 0 Å². The molecule has 2 nitrogen and oxygen atoms in total. The summed E-state index contributed by atoms with van der Waals surface area (Å²) in [6.07, 6.45) is 7.56. The lowest BCUT2D eigenvalue weighted by molar-refractivity contribution is 0.221. The Morgan fingerprint density at radius 3 is 2.67 bits per heavy atom. The van der Waals surface area contributed by atoms with Gasteiger partial charge in [-0.15, -0.1) is 0 Å². The Bertz CT molecular complexity index is 175. The standard InChI is InChI=1S/C13H27NO/c1-4-11(10-15)14-12-6-5-8-13(2,3)9-7-12/h11-12,14-15H,4-10H2,1-3H3/t11-,12?/m1/s1. The first-order valence-electron chi connectivity index (χ1n) is 6.44. The Hall–Kier alpha value is -0.0800. The van der Waals surface area contributed by atoms with Gasteiger partial charge in [-0.05, 0) is 37.5 Å². The van der Waals surface area contributed by atoms with E-state index in [9.17, 15) is 0 Å². The van der Waals surface area contributed by atoms with Crippen LogP contribution in [0.5, 0.6) is 0 Å². The molecule has 0 bridgehead atoms. The molecule has 0 aromatic heterocycles. The van der Waals surface area contributed by atoms with Crippen molar-refractivity contribution in [3.63, 3.8) is 0 Å². The number of aliphatic hydroxyl groups is 1. The molecule has 90 valence electrons. The summed E-state index contributed by atoms with van der Waals surface area (Å²) in [5, 5.41) is 12.8. The highest BCUT2D eigenvalue weighted by atomic mass is 16.3. The van der Waals surface area contributed by atoms with E-state index in [1.54, 1.807) is 0 Å². The lowest BCUT2D eigenvalue weighted by Gasteiger charge is -2.24. The van der Waals surface area contributed by atoms with Crippen LogP contribution in [0.2, 0.25) is 0 Å². The number of nitrogens with one attached hydrogen (secondary N) is 1. The number of hydrogen-bond donors (Lipinski definition) is 2. The minimum absolute atomic E-state index is 0.274. The van der Waals surface area contributed by atoms with Crippen molar-refractivity contribution in [2.24, 2.45) is 5.41 Å². The van der Waals surface area contributed by atoms with E-state index in [-0.39, 0.29) is 6.61 Å². The van der Waals surface area contributed by atoms with Crippen molar-refractivity contribution in [2.45, 2.75) is 71.4 Å². The first-order chi connectivity index (χ1) is 7.07. The fraction of sp³-hybridized carbons (Fsp3) is 1.00. The molecule has 0 aromatic rings. The average Bonchev–Trinajstić information content (AvgIpc) is 2.36. The molecule has 0 saturated heterocycles. The van der Waals surface area contributed by atoms with Crippen molar-refractivity contribution < 1.29 is 5.11 Å². The lowest BCUT2D eigenvalue weighted by atomic mass is 9.85. The summed E-state index contributed by atoms with van der Waals surface area (Å²) in [6.45, 7) is 7.16. The van der Waals surface area contributed by atoms with E-state index in [1.165, 1.54) is 32.1 Å². The predicted octanol–water partition coefficient (Wildman–Crippen LogP) is 2.71. The minimum Gasteiger partial charge on any atom is -0.395 e. The van der Waals surface area contributed by atoms with Crippen LogP contribution in [0.4, 0.5) is 0 Å². The van der Waals surface area contributed by atoms with Crippen LogP contribution in [0.3, 0.4) is 0 Å². The number of rotatable bonds is 4. The zero-order chi connectivity index (χ0) is 11.3. The monoisotopic (exact) mass is 213 g/mol. The average molecular weight is 213 g/mol. The Morgan fingerprint density at radius 2 is 2.07 bits per heavy atom. The third kappa shape index (κ3) is 4.52. The molecule has 0 aromatic carbocycles. The molecule has 2 N–H and O–H groups in total. The van der Waals surface area contributed by atoms with Gasteiger partial charge in [0.15, 0.2) is 0 Å². The quantitative estimate of drug-likeness (QED) is 0.704. The van der Waals surface area contributed by atoms with E-state index in [4.69, 9.17) is 5.11 Å². The summed E-state index contributed by atoms with van der Waals surface area (Å²) in [7, 11) is 0. The van der Waals surface area contributed by atoms with Gasteiger partial charge in [0.05, 0.1) is 6.61 Å². The van der Waals surface area contributed by atoms with E-state index in [2.05, 4.69) is 26.1 Å². The zero-order valence-corrected chi connectivity index (χ0v) is 10.6. The van der Waals surface area contributed by atoms with Gasteiger partial charge in [0.25, 0.3) is 0 Å². The molecule has 1 aliphatic carbocycles. The van der Waals surface area contributed by atoms with Crippen molar-refractivity contribution in [2.75, 3.05) is 6.61 Å². The molecule has 0 radical (unpaired) electrons. The molecule has 0 aliphatic heterocycles. The Kier molecular flexibility index (Phi) is 5.07. The van der Waals surface area contributed by atoms with Crippen molar-refractivity contribution in [1.82, 2.24) is 5.32 Å². The summed E-state index contributed by atoms with van der Waals surface area (Å²) < 4.78 is 0. The van der Waals surface area contributed by atoms with E-state index >= 15 is 0 Å². The van der Waals surface area contributed by atoms with Crippen molar-refractivity contribution in [3.05, 3.63) is 0 Å². The van der Waals surface area contributed by atoms with Crippen LogP contribution in [0.1, 0.15) is 59.3 Å². The molecule has 1 aliphatic rings. The SMILES string of the molecule is CC[C@H](CO)NC1CCCC(C)(C)CC1. The largest absolute Gasteiger partial charge is 0.395 e. The first-order valence-corrected chi connectivity index (χ1v) is 6.44. The van der Waals surface area contributed by atoms with Crippen LogP contribution in [-0.4, -0.2) is 23.8 Å². The van der Waals surface area contributed by atoms with Crippen LogP contribution in [0, 0.1) is 5.41 Å². The zero-order valence-electron chi connectivity index (χ0n) is 10.6. The van der Waals surface area contributed by atoms with Gasteiger partial charge in [-0.1, -0.05) is 27.2 Å². The highest BCUT2D eigenvalue weighted by molar-refractivity contribution is 4.81. The Labute approximate surface area is 94.5 Å². The highest BCUT2D eigenvalue weighted by Crippen LogP contribution is 2.33. The van der Waals surface area contributed by atoms with Crippen molar-refractivity contribution in [3.8, 4) is 0 Å². The maximum Gasteiger partial charge on any atom is 0.0584 e. The van der Waals surface area contributed by atoms with Gasteiger partial charge in [0.2, 0.25) is 0 Å². The number of hydrogen-bond acceptors (Lipinski definition) is 2. The smallest absolute Gasteiger partial charge is 0.0584 e. The molecule has 1 unspecified atom stereocenters. The summed E-state index contributed by atoms with van der Waals surface area (Å²) in [5.41, 5.74) is 0.525. The molecule has 0 heterocycles. The fourth-order valence-electron chi connectivity index (χ4n) is 2.46. The fourth-order valence-corrected chi connectivity index (χ4v) is 2.46. The second-order valence-electron chi connectivity index (χ2n) is 5.75. The summed E-state index contributed by atoms with van der Waals surface area (Å²) in [6, 6.07) is 0.931. The molecule has 15 heavy (non-hydrogen) atoms. The second kappa shape index (κ2) is 5.86. The molecular formula is C13H27NO. The van der Waals surface area contributed by atoms with Crippen molar-refractivity contribution in [1.29, 1.82) is 0 Å². The van der Waals surface area contributed by atoms with Gasteiger partial charge in [-0.3, -0.25) is 0 Å². The normalized spacial score (nSPS) is 28.4. The molecule has 2 heteroatoms. The van der Waals surface area contributed by atoms with Crippen LogP contribution >= 0.6 is 0 Å². The highest BCUT2D eigenvalue weighted by Gasteiger charge is 2.24. The topological polar surface area (TPSA) is 32.3 Å². The van der Waals surface area contributed by atoms with E-state index < -0.39 is 0 Å². The van der Waals surface area contributed by atoms with E-state index in [0.717, 1.165) is 6.42 Å².